The lowest BCUT2D eigenvalue weighted by atomic mass is 10.1. The highest BCUT2D eigenvalue weighted by molar-refractivity contribution is 5.71. The summed E-state index contributed by atoms with van der Waals surface area (Å²) in [6.07, 6.45) is 55.9. The Balaban J connectivity index is 4.35. The maximum atomic E-state index is 12.8. The van der Waals surface area contributed by atoms with E-state index in [4.69, 9.17) is 14.2 Å². The molecule has 0 aliphatic carbocycles. The number of rotatable bonds is 48. The van der Waals surface area contributed by atoms with Crippen molar-refractivity contribution in [1.29, 1.82) is 0 Å². The highest BCUT2D eigenvalue weighted by Gasteiger charge is 2.19. The summed E-state index contributed by atoms with van der Waals surface area (Å²) >= 11 is 0. The van der Waals surface area contributed by atoms with E-state index in [9.17, 15) is 14.4 Å². The van der Waals surface area contributed by atoms with Crippen LogP contribution in [0.25, 0.3) is 0 Å². The topological polar surface area (TPSA) is 78.9 Å². The number of hydrogen-bond acceptors (Lipinski definition) is 6. The van der Waals surface area contributed by atoms with E-state index in [1.54, 1.807) is 0 Å². The third kappa shape index (κ3) is 46.9. The number of unbranched alkanes of at least 4 members (excludes halogenated alkanes) is 33. The Bertz CT molecular complexity index is 973. The average Bonchev–Trinajstić information content (AvgIpc) is 3.24. The van der Waals surface area contributed by atoms with E-state index in [-0.39, 0.29) is 31.1 Å². The zero-order valence-corrected chi connectivity index (χ0v) is 40.2. The fraction of sp³-hybridized carbons (Fsp3) is 0.870. The van der Waals surface area contributed by atoms with Gasteiger partial charge in [-0.1, -0.05) is 218 Å². The van der Waals surface area contributed by atoms with Crippen LogP contribution in [0, 0.1) is 0 Å². The second-order valence-electron chi connectivity index (χ2n) is 17.8. The van der Waals surface area contributed by atoms with Crippen molar-refractivity contribution in [1.82, 2.24) is 0 Å². The normalized spacial score (nSPS) is 12.1. The Hall–Kier alpha value is -2.11. The second-order valence-corrected chi connectivity index (χ2v) is 17.8. The van der Waals surface area contributed by atoms with Crippen LogP contribution in [0.3, 0.4) is 0 Å². The summed E-state index contributed by atoms with van der Waals surface area (Å²) in [5, 5.41) is 0. The van der Waals surface area contributed by atoms with Gasteiger partial charge in [-0.15, -0.1) is 0 Å². The third-order valence-corrected chi connectivity index (χ3v) is 11.7. The molecule has 0 aliphatic heterocycles. The van der Waals surface area contributed by atoms with E-state index in [0.717, 1.165) is 70.6 Å². The zero-order chi connectivity index (χ0) is 43.7. The number of ether oxygens (including phenoxy) is 3. The molecule has 0 heterocycles. The summed E-state index contributed by atoms with van der Waals surface area (Å²) in [6.45, 7) is 6.63. The van der Waals surface area contributed by atoms with Crippen molar-refractivity contribution < 1.29 is 28.6 Å². The van der Waals surface area contributed by atoms with Gasteiger partial charge in [-0.3, -0.25) is 14.4 Å². The van der Waals surface area contributed by atoms with Crippen LogP contribution in [0.2, 0.25) is 0 Å². The molecule has 0 amide bonds. The van der Waals surface area contributed by atoms with Crippen LogP contribution in [0.5, 0.6) is 0 Å². The van der Waals surface area contributed by atoms with Crippen molar-refractivity contribution in [3.05, 3.63) is 24.3 Å². The molecular formula is C54H100O6. The minimum absolute atomic E-state index is 0.0737. The van der Waals surface area contributed by atoms with Gasteiger partial charge >= 0.3 is 17.9 Å². The van der Waals surface area contributed by atoms with Crippen molar-refractivity contribution >= 4 is 17.9 Å². The lowest BCUT2D eigenvalue weighted by Crippen LogP contribution is -2.30. The maximum Gasteiger partial charge on any atom is 0.306 e. The molecule has 1 atom stereocenters. The van der Waals surface area contributed by atoms with Gasteiger partial charge < -0.3 is 14.2 Å². The molecule has 0 N–H and O–H groups in total. The smallest absolute Gasteiger partial charge is 0.306 e. The molecule has 0 spiro atoms. The van der Waals surface area contributed by atoms with Crippen LogP contribution < -0.4 is 0 Å². The molecule has 1 unspecified atom stereocenters. The minimum atomic E-state index is -0.773. The minimum Gasteiger partial charge on any atom is -0.462 e. The Kier molecular flexibility index (Phi) is 47.8. The summed E-state index contributed by atoms with van der Waals surface area (Å²) in [5.41, 5.74) is 0. The predicted molar refractivity (Wildman–Crippen MR) is 256 cm³/mol. The van der Waals surface area contributed by atoms with E-state index in [1.165, 1.54) is 173 Å². The first kappa shape index (κ1) is 57.9. The SMILES string of the molecule is CCCCCCCC/C=C\CCCCCCCC(=O)OC(COC(=O)CCCCCCC/C=C\CCCCCCCCC)COC(=O)CCCCCCCCCCCCC. The van der Waals surface area contributed by atoms with Gasteiger partial charge in [0.15, 0.2) is 6.10 Å². The van der Waals surface area contributed by atoms with E-state index in [0.29, 0.717) is 19.3 Å². The summed E-state index contributed by atoms with van der Waals surface area (Å²) in [5.74, 6) is -0.879. The molecule has 60 heavy (non-hydrogen) atoms. The molecule has 6 heteroatoms. The first-order chi connectivity index (χ1) is 29.5. The number of hydrogen-bond donors (Lipinski definition) is 0. The molecular weight excluding hydrogens is 745 g/mol. The Labute approximate surface area is 373 Å². The van der Waals surface area contributed by atoms with Crippen LogP contribution in [0.15, 0.2) is 24.3 Å². The van der Waals surface area contributed by atoms with Crippen LogP contribution >= 0.6 is 0 Å². The number of esters is 3. The van der Waals surface area contributed by atoms with Gasteiger partial charge in [0.25, 0.3) is 0 Å². The maximum absolute atomic E-state index is 12.8. The van der Waals surface area contributed by atoms with E-state index < -0.39 is 6.10 Å². The summed E-state index contributed by atoms with van der Waals surface area (Å²) < 4.78 is 16.8. The lowest BCUT2D eigenvalue weighted by molar-refractivity contribution is -0.167. The highest BCUT2D eigenvalue weighted by Crippen LogP contribution is 2.15. The van der Waals surface area contributed by atoms with Gasteiger partial charge in [0.05, 0.1) is 0 Å². The lowest BCUT2D eigenvalue weighted by Gasteiger charge is -2.18. The molecule has 352 valence electrons. The molecule has 0 aromatic heterocycles. The quantitative estimate of drug-likeness (QED) is 0.0263. The predicted octanol–water partition coefficient (Wildman–Crippen LogP) is 17.2. The highest BCUT2D eigenvalue weighted by atomic mass is 16.6. The number of carbonyl (C=O) groups is 3. The van der Waals surface area contributed by atoms with Crippen molar-refractivity contribution in [2.75, 3.05) is 13.2 Å². The van der Waals surface area contributed by atoms with Gasteiger partial charge in [0, 0.05) is 19.3 Å². The van der Waals surface area contributed by atoms with Crippen molar-refractivity contribution in [3.63, 3.8) is 0 Å². The average molecular weight is 845 g/mol. The van der Waals surface area contributed by atoms with Crippen molar-refractivity contribution in [2.24, 2.45) is 0 Å². The summed E-state index contributed by atoms with van der Waals surface area (Å²) in [4.78, 5) is 37.9. The zero-order valence-electron chi connectivity index (χ0n) is 40.2. The summed E-state index contributed by atoms with van der Waals surface area (Å²) in [6, 6.07) is 0. The molecule has 6 nitrogen and oxygen atoms in total. The van der Waals surface area contributed by atoms with Gasteiger partial charge in [0.2, 0.25) is 0 Å². The molecule has 0 saturated heterocycles. The van der Waals surface area contributed by atoms with E-state index in [2.05, 4.69) is 45.1 Å². The van der Waals surface area contributed by atoms with Crippen molar-refractivity contribution in [3.8, 4) is 0 Å². The first-order valence-corrected chi connectivity index (χ1v) is 26.3. The Morgan fingerprint density at radius 3 is 0.833 bits per heavy atom. The van der Waals surface area contributed by atoms with Gasteiger partial charge in [-0.05, 0) is 70.6 Å². The van der Waals surface area contributed by atoms with E-state index in [1.807, 2.05) is 0 Å². The van der Waals surface area contributed by atoms with E-state index >= 15 is 0 Å². The van der Waals surface area contributed by atoms with Crippen LogP contribution in [-0.4, -0.2) is 37.2 Å². The van der Waals surface area contributed by atoms with Crippen LogP contribution in [0.1, 0.15) is 284 Å². The molecule has 0 aromatic carbocycles. The molecule has 0 saturated carbocycles. The van der Waals surface area contributed by atoms with Gasteiger partial charge in [-0.25, -0.2) is 0 Å². The largest absolute Gasteiger partial charge is 0.462 e. The Morgan fingerprint density at radius 2 is 0.550 bits per heavy atom. The number of carbonyl (C=O) groups excluding carboxylic acids is 3. The standard InChI is InChI=1S/C54H100O6/c1-4-7-10-13-16-19-22-24-26-28-29-32-35-38-41-44-47-53(56)59-50-51(49-58-52(55)46-43-40-37-34-31-21-18-15-12-9-6-3)60-54(57)48-45-42-39-36-33-30-27-25-23-20-17-14-11-8-5-2/h25-28,51H,4-24,29-50H2,1-3H3/b27-25-,28-26-. The fourth-order valence-corrected chi connectivity index (χ4v) is 7.67. The van der Waals surface area contributed by atoms with Crippen LogP contribution in [-0.2, 0) is 28.6 Å². The Morgan fingerprint density at radius 1 is 0.317 bits per heavy atom. The third-order valence-electron chi connectivity index (χ3n) is 11.7. The molecule has 0 aromatic rings. The summed E-state index contributed by atoms with van der Waals surface area (Å²) in [7, 11) is 0. The molecule has 0 radical (unpaired) electrons. The fourth-order valence-electron chi connectivity index (χ4n) is 7.67. The second kappa shape index (κ2) is 49.5. The van der Waals surface area contributed by atoms with Gasteiger partial charge in [-0.2, -0.15) is 0 Å². The van der Waals surface area contributed by atoms with Crippen LogP contribution in [0.4, 0.5) is 0 Å². The van der Waals surface area contributed by atoms with Crippen molar-refractivity contribution in [2.45, 2.75) is 290 Å². The monoisotopic (exact) mass is 845 g/mol. The number of allylic oxidation sites excluding steroid dienone is 4. The molecule has 0 bridgehead atoms. The molecule has 0 fully saturated rings. The first-order valence-electron chi connectivity index (χ1n) is 26.3. The molecule has 0 aliphatic rings. The molecule has 0 rings (SSSR count). The van der Waals surface area contributed by atoms with Gasteiger partial charge in [0.1, 0.15) is 13.2 Å².